The van der Waals surface area contributed by atoms with Crippen molar-refractivity contribution in [2.45, 2.75) is 38.8 Å². The summed E-state index contributed by atoms with van der Waals surface area (Å²) in [5.74, 6) is -0.569. The molecule has 1 atom stereocenters. The van der Waals surface area contributed by atoms with Crippen LogP contribution in [0.4, 0.5) is 9.59 Å². The van der Waals surface area contributed by atoms with Crippen molar-refractivity contribution in [1.29, 1.82) is 0 Å². The molecule has 0 saturated carbocycles. The van der Waals surface area contributed by atoms with Gasteiger partial charge in [0.15, 0.2) is 5.54 Å². The summed E-state index contributed by atoms with van der Waals surface area (Å²) in [4.78, 5) is 35.8. The van der Waals surface area contributed by atoms with Crippen LogP contribution in [0.25, 0.3) is 0 Å². The zero-order chi connectivity index (χ0) is 17.4. The molecule has 0 spiro atoms. The van der Waals surface area contributed by atoms with Crippen molar-refractivity contribution in [2.24, 2.45) is 7.05 Å². The molecule has 1 saturated heterocycles. The second-order valence-electron chi connectivity index (χ2n) is 6.50. The molecule has 0 radical (unpaired) electrons. The molecular weight excluding hydrogens is 302 g/mol. The van der Waals surface area contributed by atoms with Gasteiger partial charge in [-0.3, -0.25) is 14.8 Å². The Morgan fingerprint density at radius 2 is 2.09 bits per heavy atom. The summed E-state index contributed by atoms with van der Waals surface area (Å²) in [7, 11) is 1.71. The van der Waals surface area contributed by atoms with Gasteiger partial charge < -0.3 is 15.4 Å². The summed E-state index contributed by atoms with van der Waals surface area (Å²) >= 11 is 0. The molecule has 1 aliphatic heterocycles. The Balaban J connectivity index is 2.26. The predicted octanol–water partition coefficient (Wildman–Crippen LogP) is 0.288. The van der Waals surface area contributed by atoms with Crippen LogP contribution in [0.1, 0.15) is 32.0 Å². The third kappa shape index (κ3) is 3.43. The number of nitrogens with zero attached hydrogens (tertiary/aromatic N) is 2. The molecule has 0 aliphatic carbocycles. The van der Waals surface area contributed by atoms with Crippen LogP contribution >= 0.6 is 0 Å². The van der Waals surface area contributed by atoms with E-state index in [4.69, 9.17) is 4.74 Å². The summed E-state index contributed by atoms with van der Waals surface area (Å²) < 4.78 is 6.70. The lowest BCUT2D eigenvalue weighted by atomic mass is 9.93. The highest BCUT2D eigenvalue weighted by Crippen LogP contribution is 2.26. The quantitative estimate of drug-likeness (QED) is 0.692. The van der Waals surface area contributed by atoms with Gasteiger partial charge in [-0.05, 0) is 33.3 Å². The van der Waals surface area contributed by atoms with Crippen molar-refractivity contribution in [3.63, 3.8) is 0 Å². The smallest absolute Gasteiger partial charge is 0.407 e. The lowest BCUT2D eigenvalue weighted by Crippen LogP contribution is -2.53. The number of carbonyl (C=O) groups is 3. The van der Waals surface area contributed by atoms with E-state index < -0.39 is 29.2 Å². The van der Waals surface area contributed by atoms with Gasteiger partial charge in [-0.1, -0.05) is 0 Å². The first-order chi connectivity index (χ1) is 10.5. The summed E-state index contributed by atoms with van der Waals surface area (Å²) in [6.45, 7) is 6.80. The Morgan fingerprint density at radius 1 is 1.43 bits per heavy atom. The second-order valence-corrected chi connectivity index (χ2v) is 6.50. The maximum absolute atomic E-state index is 12.3. The molecule has 1 unspecified atom stereocenters. The number of urea groups is 1. The molecule has 1 aliphatic rings. The number of aryl methyl sites for hydroxylation is 2. The first-order valence-corrected chi connectivity index (χ1v) is 7.15. The molecular formula is C14H21N5O4. The van der Waals surface area contributed by atoms with E-state index in [2.05, 4.69) is 21.0 Å². The number of nitrogens with one attached hydrogen (secondary N) is 3. The highest BCUT2D eigenvalue weighted by atomic mass is 16.6. The highest BCUT2D eigenvalue weighted by Gasteiger charge is 2.50. The topological polar surface area (TPSA) is 114 Å². The number of imide groups is 1. The molecule has 1 aromatic heterocycles. The number of alkyl carbamates (subject to hydrolysis) is 1. The van der Waals surface area contributed by atoms with Crippen LogP contribution in [0.3, 0.4) is 0 Å². The minimum Gasteiger partial charge on any atom is -0.444 e. The average molecular weight is 323 g/mol. The molecule has 1 aromatic rings. The lowest BCUT2D eigenvalue weighted by Gasteiger charge is -2.26. The van der Waals surface area contributed by atoms with Crippen molar-refractivity contribution in [3.8, 4) is 0 Å². The third-order valence-corrected chi connectivity index (χ3v) is 3.25. The van der Waals surface area contributed by atoms with Gasteiger partial charge in [0.25, 0.3) is 5.91 Å². The lowest BCUT2D eigenvalue weighted by molar-refractivity contribution is -0.124. The first kappa shape index (κ1) is 16.8. The number of ether oxygens (including phenoxy) is 1. The van der Waals surface area contributed by atoms with Gasteiger partial charge in [0.05, 0.1) is 6.54 Å². The number of hydrogen-bond acceptors (Lipinski definition) is 5. The van der Waals surface area contributed by atoms with Crippen molar-refractivity contribution >= 4 is 18.0 Å². The Morgan fingerprint density at radius 3 is 2.52 bits per heavy atom. The Hall–Kier alpha value is -2.58. The molecule has 4 amide bonds. The van der Waals surface area contributed by atoms with Crippen LogP contribution < -0.4 is 16.0 Å². The maximum Gasteiger partial charge on any atom is 0.407 e. The van der Waals surface area contributed by atoms with E-state index in [1.807, 2.05) is 0 Å². The molecule has 23 heavy (non-hydrogen) atoms. The van der Waals surface area contributed by atoms with Gasteiger partial charge in [0.2, 0.25) is 0 Å². The number of amides is 4. The van der Waals surface area contributed by atoms with Crippen LogP contribution in [0.2, 0.25) is 0 Å². The number of aromatic nitrogens is 2. The van der Waals surface area contributed by atoms with Crippen LogP contribution in [0.5, 0.6) is 0 Å². The SMILES string of the molecule is Cc1cn(C)nc1C1(CNC(=O)OC(C)(C)C)NC(=O)NC1=O. The minimum atomic E-state index is -1.46. The molecule has 0 aromatic carbocycles. The Bertz CT molecular complexity index is 661. The van der Waals surface area contributed by atoms with E-state index in [1.54, 1.807) is 40.9 Å². The van der Waals surface area contributed by atoms with E-state index >= 15 is 0 Å². The van der Waals surface area contributed by atoms with E-state index in [0.717, 1.165) is 5.56 Å². The fraction of sp³-hybridized carbons (Fsp3) is 0.571. The van der Waals surface area contributed by atoms with Crippen LogP contribution in [-0.4, -0.2) is 40.0 Å². The van der Waals surface area contributed by atoms with Gasteiger partial charge in [-0.15, -0.1) is 0 Å². The van der Waals surface area contributed by atoms with E-state index in [0.29, 0.717) is 5.69 Å². The summed E-state index contributed by atoms with van der Waals surface area (Å²) in [6, 6.07) is -0.633. The normalized spacial score (nSPS) is 20.9. The molecule has 0 bridgehead atoms. The van der Waals surface area contributed by atoms with E-state index in [1.165, 1.54) is 4.68 Å². The molecule has 3 N–H and O–H groups in total. The molecule has 2 rings (SSSR count). The Kier molecular flexibility index (Phi) is 4.06. The summed E-state index contributed by atoms with van der Waals surface area (Å²) in [5, 5.41) is 11.5. The average Bonchev–Trinajstić information content (AvgIpc) is 2.85. The van der Waals surface area contributed by atoms with Gasteiger partial charge in [-0.25, -0.2) is 9.59 Å². The van der Waals surface area contributed by atoms with Crippen molar-refractivity contribution < 1.29 is 19.1 Å². The van der Waals surface area contributed by atoms with Crippen LogP contribution in [0, 0.1) is 6.92 Å². The van der Waals surface area contributed by atoms with Gasteiger partial charge in [0.1, 0.15) is 11.3 Å². The van der Waals surface area contributed by atoms with Crippen molar-refractivity contribution in [3.05, 3.63) is 17.5 Å². The highest BCUT2D eigenvalue weighted by molar-refractivity contribution is 6.07. The summed E-state index contributed by atoms with van der Waals surface area (Å²) in [5.41, 5.74) is -1.03. The predicted molar refractivity (Wildman–Crippen MR) is 80.5 cm³/mol. The largest absolute Gasteiger partial charge is 0.444 e. The first-order valence-electron chi connectivity index (χ1n) is 7.15. The fourth-order valence-corrected chi connectivity index (χ4v) is 2.41. The van der Waals surface area contributed by atoms with E-state index in [9.17, 15) is 14.4 Å². The zero-order valence-electron chi connectivity index (χ0n) is 13.8. The molecule has 2 heterocycles. The maximum atomic E-state index is 12.3. The van der Waals surface area contributed by atoms with Gasteiger partial charge >= 0.3 is 12.1 Å². The molecule has 9 nitrogen and oxygen atoms in total. The Labute approximate surface area is 133 Å². The van der Waals surface area contributed by atoms with Crippen LogP contribution in [-0.2, 0) is 22.1 Å². The summed E-state index contributed by atoms with van der Waals surface area (Å²) in [6.07, 6.45) is 1.04. The van der Waals surface area contributed by atoms with Crippen molar-refractivity contribution in [2.75, 3.05) is 6.54 Å². The standard InChI is InChI=1S/C14H21N5O4/c1-8-6-19(5)18-9(8)14(10(20)16-11(21)17-14)7-15-12(22)23-13(2,3)4/h6H,7H2,1-5H3,(H,15,22)(H2,16,17,20,21). The molecule has 1 fully saturated rings. The monoisotopic (exact) mass is 323 g/mol. The van der Waals surface area contributed by atoms with Crippen molar-refractivity contribution in [1.82, 2.24) is 25.7 Å². The van der Waals surface area contributed by atoms with E-state index in [-0.39, 0.29) is 6.54 Å². The minimum absolute atomic E-state index is 0.169. The number of rotatable bonds is 3. The van der Waals surface area contributed by atoms with Crippen LogP contribution in [0.15, 0.2) is 6.20 Å². The molecule has 126 valence electrons. The van der Waals surface area contributed by atoms with Gasteiger partial charge in [0, 0.05) is 13.2 Å². The third-order valence-electron chi connectivity index (χ3n) is 3.25. The second kappa shape index (κ2) is 5.56. The fourth-order valence-electron chi connectivity index (χ4n) is 2.41. The number of carbonyl (C=O) groups excluding carboxylic acids is 3. The zero-order valence-corrected chi connectivity index (χ0v) is 13.8. The molecule has 9 heteroatoms. The number of hydrogen-bond donors (Lipinski definition) is 3. The van der Waals surface area contributed by atoms with Gasteiger partial charge in [-0.2, -0.15) is 5.10 Å².